The van der Waals surface area contributed by atoms with Gasteiger partial charge in [0.1, 0.15) is 5.82 Å². The molecule has 0 radical (unpaired) electrons. The Kier molecular flexibility index (Phi) is 3.24. The quantitative estimate of drug-likeness (QED) is 0.857. The van der Waals surface area contributed by atoms with Crippen LogP contribution in [0.15, 0.2) is 40.0 Å². The van der Waals surface area contributed by atoms with Crippen LogP contribution in [0.1, 0.15) is 5.82 Å². The van der Waals surface area contributed by atoms with E-state index in [9.17, 15) is 4.79 Å². The van der Waals surface area contributed by atoms with E-state index >= 15 is 0 Å². The topological polar surface area (TPSA) is 39.8 Å². The molecule has 2 rings (SSSR count). The summed E-state index contributed by atoms with van der Waals surface area (Å²) in [5.74, 6) is 0.979. The summed E-state index contributed by atoms with van der Waals surface area (Å²) in [6.07, 6.45) is 6.21. The second kappa shape index (κ2) is 4.65. The predicted octanol–water partition coefficient (Wildman–Crippen LogP) is 1.59. The van der Waals surface area contributed by atoms with E-state index in [1.807, 2.05) is 17.8 Å². The van der Waals surface area contributed by atoms with Crippen molar-refractivity contribution in [1.29, 1.82) is 0 Å². The summed E-state index contributed by atoms with van der Waals surface area (Å²) in [6.45, 7) is 0.642. The zero-order valence-corrected chi connectivity index (χ0v) is 10.5. The summed E-state index contributed by atoms with van der Waals surface area (Å²) in [5.41, 5.74) is 0.0115. The average molecular weight is 282 g/mol. The fourth-order valence-electron chi connectivity index (χ4n) is 1.53. The molecule has 84 valence electrons. The molecule has 0 unspecified atom stereocenters. The molecular weight excluding hydrogens is 270 g/mol. The van der Waals surface area contributed by atoms with Crippen LogP contribution in [0.5, 0.6) is 0 Å². The minimum Gasteiger partial charge on any atom is -0.338 e. The highest BCUT2D eigenvalue weighted by molar-refractivity contribution is 9.10. The van der Waals surface area contributed by atoms with Crippen molar-refractivity contribution in [2.45, 2.75) is 13.0 Å². The molecule has 0 aliphatic carbocycles. The van der Waals surface area contributed by atoms with Gasteiger partial charge < -0.3 is 9.13 Å². The van der Waals surface area contributed by atoms with Crippen LogP contribution in [0.3, 0.4) is 0 Å². The smallest absolute Gasteiger partial charge is 0.250 e. The molecule has 0 spiro atoms. The third-order valence-electron chi connectivity index (χ3n) is 2.44. The molecule has 0 amide bonds. The fraction of sp³-hybridized carbons (Fsp3) is 0.273. The molecule has 0 aliphatic heterocycles. The first-order valence-electron chi connectivity index (χ1n) is 4.99. The highest BCUT2D eigenvalue weighted by atomic mass is 79.9. The van der Waals surface area contributed by atoms with E-state index < -0.39 is 0 Å². The molecule has 0 aliphatic rings. The van der Waals surface area contributed by atoms with Gasteiger partial charge in [-0.15, -0.1) is 0 Å². The van der Waals surface area contributed by atoms with Gasteiger partial charge >= 0.3 is 0 Å². The van der Waals surface area contributed by atoms with Gasteiger partial charge in [-0.1, -0.05) is 0 Å². The van der Waals surface area contributed by atoms with Gasteiger partial charge in [0.2, 0.25) is 0 Å². The summed E-state index contributed by atoms with van der Waals surface area (Å²) in [7, 11) is 1.95. The van der Waals surface area contributed by atoms with Crippen LogP contribution < -0.4 is 5.56 Å². The maximum atomic E-state index is 11.5. The van der Waals surface area contributed by atoms with Crippen molar-refractivity contribution in [1.82, 2.24) is 14.1 Å². The summed E-state index contributed by atoms with van der Waals surface area (Å²) in [5, 5.41) is 0. The van der Waals surface area contributed by atoms with Crippen LogP contribution in [0.4, 0.5) is 0 Å². The lowest BCUT2D eigenvalue weighted by atomic mass is 10.3. The Labute approximate surface area is 102 Å². The predicted molar refractivity (Wildman–Crippen MR) is 65.3 cm³/mol. The van der Waals surface area contributed by atoms with E-state index in [-0.39, 0.29) is 5.56 Å². The van der Waals surface area contributed by atoms with Gasteiger partial charge in [0.15, 0.2) is 0 Å². The first kappa shape index (κ1) is 11.1. The summed E-state index contributed by atoms with van der Waals surface area (Å²) < 4.78 is 4.55. The summed E-state index contributed by atoms with van der Waals surface area (Å²) in [6, 6.07) is 3.31. The molecule has 2 heterocycles. The lowest BCUT2D eigenvalue weighted by molar-refractivity contribution is 0.630. The molecule has 0 atom stereocenters. The number of hydrogen-bond donors (Lipinski definition) is 0. The SMILES string of the molecule is Cn1ccnc1CCn1cc(Br)ccc1=O. The lowest BCUT2D eigenvalue weighted by Gasteiger charge is -2.05. The number of halogens is 1. The van der Waals surface area contributed by atoms with E-state index in [2.05, 4.69) is 20.9 Å². The van der Waals surface area contributed by atoms with Gasteiger partial charge in [-0.3, -0.25) is 4.79 Å². The van der Waals surface area contributed by atoms with Crippen molar-refractivity contribution in [3.8, 4) is 0 Å². The minimum absolute atomic E-state index is 0.0115. The molecule has 0 N–H and O–H groups in total. The number of aryl methyl sites for hydroxylation is 3. The normalized spacial score (nSPS) is 10.6. The second-order valence-corrected chi connectivity index (χ2v) is 4.50. The number of pyridine rings is 1. The average Bonchev–Trinajstić information content (AvgIpc) is 2.66. The second-order valence-electron chi connectivity index (χ2n) is 3.58. The van der Waals surface area contributed by atoms with E-state index in [4.69, 9.17) is 0 Å². The molecule has 0 saturated heterocycles. The van der Waals surface area contributed by atoms with E-state index in [0.29, 0.717) is 6.54 Å². The standard InChI is InChI=1S/C11H12BrN3O/c1-14-7-5-13-10(14)4-6-15-8-9(12)2-3-11(15)16/h2-3,5,7-8H,4,6H2,1H3. The monoisotopic (exact) mass is 281 g/mol. The van der Waals surface area contributed by atoms with Gasteiger partial charge in [0.25, 0.3) is 5.56 Å². The van der Waals surface area contributed by atoms with E-state index in [1.165, 1.54) is 0 Å². The lowest BCUT2D eigenvalue weighted by Crippen LogP contribution is -2.20. The maximum absolute atomic E-state index is 11.5. The number of hydrogen-bond acceptors (Lipinski definition) is 2. The van der Waals surface area contributed by atoms with Gasteiger partial charge in [-0.05, 0) is 22.0 Å². The maximum Gasteiger partial charge on any atom is 0.250 e. The Morgan fingerprint density at radius 1 is 1.44 bits per heavy atom. The van der Waals surface area contributed by atoms with Crippen molar-refractivity contribution in [3.63, 3.8) is 0 Å². The number of nitrogens with zero attached hydrogens (tertiary/aromatic N) is 3. The number of aromatic nitrogens is 3. The highest BCUT2D eigenvalue weighted by Gasteiger charge is 2.01. The van der Waals surface area contributed by atoms with Crippen LogP contribution in [0, 0.1) is 0 Å². The first-order valence-corrected chi connectivity index (χ1v) is 5.78. The molecule has 0 fully saturated rings. The molecule has 0 saturated carbocycles. The summed E-state index contributed by atoms with van der Waals surface area (Å²) >= 11 is 3.35. The van der Waals surface area contributed by atoms with Crippen LogP contribution in [0.2, 0.25) is 0 Å². The largest absolute Gasteiger partial charge is 0.338 e. The third-order valence-corrected chi connectivity index (χ3v) is 2.91. The molecule has 4 nitrogen and oxygen atoms in total. The molecule has 0 aromatic carbocycles. The van der Waals surface area contributed by atoms with Crippen molar-refractivity contribution < 1.29 is 0 Å². The Balaban J connectivity index is 2.13. The number of rotatable bonds is 3. The Bertz CT molecular complexity index is 544. The van der Waals surface area contributed by atoms with Gasteiger partial charge in [-0.25, -0.2) is 4.98 Å². The third kappa shape index (κ3) is 2.41. The van der Waals surface area contributed by atoms with Gasteiger partial charge in [0.05, 0.1) is 0 Å². The fourth-order valence-corrected chi connectivity index (χ4v) is 1.91. The molecule has 16 heavy (non-hydrogen) atoms. The van der Waals surface area contributed by atoms with Crippen LogP contribution in [-0.4, -0.2) is 14.1 Å². The Morgan fingerprint density at radius 3 is 2.94 bits per heavy atom. The number of imidazole rings is 1. The van der Waals surface area contributed by atoms with Crippen molar-refractivity contribution in [2.75, 3.05) is 0 Å². The van der Waals surface area contributed by atoms with Gasteiger partial charge in [0, 0.05) is 49.1 Å². The Morgan fingerprint density at radius 2 is 2.25 bits per heavy atom. The summed E-state index contributed by atoms with van der Waals surface area (Å²) in [4.78, 5) is 15.7. The van der Waals surface area contributed by atoms with Crippen LogP contribution in [0.25, 0.3) is 0 Å². The minimum atomic E-state index is 0.0115. The highest BCUT2D eigenvalue weighted by Crippen LogP contribution is 2.05. The molecular formula is C11H12BrN3O. The van der Waals surface area contributed by atoms with Crippen LogP contribution in [-0.2, 0) is 20.0 Å². The Hall–Kier alpha value is -1.36. The van der Waals surface area contributed by atoms with Crippen molar-refractivity contribution in [3.05, 3.63) is 51.4 Å². The molecule has 2 aromatic heterocycles. The molecule has 2 aromatic rings. The zero-order chi connectivity index (χ0) is 11.5. The molecule has 5 heteroatoms. The molecule has 0 bridgehead atoms. The van der Waals surface area contributed by atoms with E-state index in [1.54, 1.807) is 29.1 Å². The van der Waals surface area contributed by atoms with E-state index in [0.717, 1.165) is 16.7 Å². The van der Waals surface area contributed by atoms with Crippen LogP contribution >= 0.6 is 15.9 Å². The zero-order valence-electron chi connectivity index (χ0n) is 8.93. The first-order chi connectivity index (χ1) is 7.66. The van der Waals surface area contributed by atoms with Crippen molar-refractivity contribution >= 4 is 15.9 Å². The van der Waals surface area contributed by atoms with Gasteiger partial charge in [-0.2, -0.15) is 0 Å². The van der Waals surface area contributed by atoms with Crippen molar-refractivity contribution in [2.24, 2.45) is 7.05 Å².